The molecule has 0 spiro atoms. The lowest BCUT2D eigenvalue weighted by molar-refractivity contribution is 0.0551. The predicted molar refractivity (Wildman–Crippen MR) is 36.3 cm³/mol. The Hall–Kier alpha value is -0.770. The second-order valence-electron chi connectivity index (χ2n) is 2.43. The van der Waals surface area contributed by atoms with Gasteiger partial charge in [0.25, 0.3) is 0 Å². The topological polar surface area (TPSA) is 55.6 Å². The van der Waals surface area contributed by atoms with Gasteiger partial charge in [0.2, 0.25) is 0 Å². The smallest absolute Gasteiger partial charge is 0.411 e. The van der Waals surface area contributed by atoms with Crippen LogP contribution in [0.4, 0.5) is 4.79 Å². The van der Waals surface area contributed by atoms with Gasteiger partial charge in [0, 0.05) is 13.1 Å². The molecule has 0 aliphatic carbocycles. The number of ether oxygens (including phenoxy) is 1. The number of nitrogens with zero attached hydrogens (tertiary/aromatic N) is 1. The van der Waals surface area contributed by atoms with Crippen molar-refractivity contribution in [2.45, 2.75) is 19.6 Å². The largest absolute Gasteiger partial charge is 0.431 e. The van der Waals surface area contributed by atoms with Crippen molar-refractivity contribution in [1.29, 1.82) is 0 Å². The van der Waals surface area contributed by atoms with Gasteiger partial charge < -0.3 is 9.64 Å². The predicted octanol–water partition coefficient (Wildman–Crippen LogP) is 0.133. The van der Waals surface area contributed by atoms with E-state index in [2.05, 4.69) is 0 Å². The van der Waals surface area contributed by atoms with Crippen molar-refractivity contribution in [2.75, 3.05) is 13.1 Å². The molecule has 1 aliphatic rings. The molecule has 1 aliphatic heterocycles. The molecule has 1 fully saturated rings. The lowest BCUT2D eigenvalue weighted by Crippen LogP contribution is -2.44. The van der Waals surface area contributed by atoms with Crippen LogP contribution in [0.25, 0.3) is 0 Å². The van der Waals surface area contributed by atoms with Crippen molar-refractivity contribution in [3.05, 3.63) is 0 Å². The molecule has 0 saturated carbocycles. The Morgan fingerprint density at radius 2 is 2.30 bits per heavy atom. The fraction of sp³-hybridized carbons (Fsp3) is 0.833. The molecule has 0 bridgehead atoms. The minimum atomic E-state index is -0.493. The third kappa shape index (κ3) is 1.60. The van der Waals surface area contributed by atoms with Gasteiger partial charge in [0.05, 0.1) is 0 Å². The lowest BCUT2D eigenvalue weighted by atomic mass is 10.2. The summed E-state index contributed by atoms with van der Waals surface area (Å²) in [7, 11) is 0. The maximum atomic E-state index is 10.9. The van der Waals surface area contributed by atoms with E-state index in [1.54, 1.807) is 11.8 Å². The van der Waals surface area contributed by atoms with Gasteiger partial charge in [0.15, 0.2) is 0 Å². The van der Waals surface area contributed by atoms with Crippen LogP contribution < -0.4 is 5.73 Å². The van der Waals surface area contributed by atoms with Crippen molar-refractivity contribution in [3.8, 4) is 0 Å². The van der Waals surface area contributed by atoms with Crippen LogP contribution in [-0.4, -0.2) is 30.3 Å². The van der Waals surface area contributed by atoms with E-state index in [-0.39, 0.29) is 6.09 Å². The molecular weight excluding hydrogens is 132 g/mol. The number of likely N-dealkylation sites (tertiary alicyclic amines) is 1. The van der Waals surface area contributed by atoms with E-state index >= 15 is 0 Å². The fourth-order valence-corrected chi connectivity index (χ4v) is 0.732. The standard InChI is InChI=1S/C6H12N2O2/c1-5(7)10-6(9)8-3-2-4-8/h5H,2-4,7H2,1H3. The van der Waals surface area contributed by atoms with Crippen molar-refractivity contribution >= 4 is 6.09 Å². The van der Waals surface area contributed by atoms with E-state index in [1.807, 2.05) is 0 Å². The molecule has 1 amide bonds. The van der Waals surface area contributed by atoms with Gasteiger partial charge in [-0.15, -0.1) is 0 Å². The van der Waals surface area contributed by atoms with Crippen molar-refractivity contribution in [3.63, 3.8) is 0 Å². The summed E-state index contributed by atoms with van der Waals surface area (Å²) in [6.45, 7) is 3.26. The van der Waals surface area contributed by atoms with E-state index in [1.165, 1.54) is 0 Å². The summed E-state index contributed by atoms with van der Waals surface area (Å²) < 4.78 is 4.72. The van der Waals surface area contributed by atoms with Crippen molar-refractivity contribution < 1.29 is 9.53 Å². The van der Waals surface area contributed by atoms with E-state index in [9.17, 15) is 4.79 Å². The van der Waals surface area contributed by atoms with Gasteiger partial charge in [-0.05, 0) is 13.3 Å². The Morgan fingerprint density at radius 3 is 2.60 bits per heavy atom. The van der Waals surface area contributed by atoms with Gasteiger partial charge in [-0.25, -0.2) is 4.79 Å². The molecule has 0 radical (unpaired) electrons. The summed E-state index contributed by atoms with van der Waals surface area (Å²) in [4.78, 5) is 12.5. The molecule has 1 atom stereocenters. The van der Waals surface area contributed by atoms with Crippen molar-refractivity contribution in [1.82, 2.24) is 4.90 Å². The molecule has 1 heterocycles. The molecule has 0 aromatic carbocycles. The average molecular weight is 144 g/mol. The van der Waals surface area contributed by atoms with Crippen LogP contribution in [0.5, 0.6) is 0 Å². The molecule has 58 valence electrons. The molecule has 1 unspecified atom stereocenters. The van der Waals surface area contributed by atoms with E-state index < -0.39 is 6.23 Å². The molecule has 0 aromatic heterocycles. The first-order valence-electron chi connectivity index (χ1n) is 3.41. The molecule has 1 saturated heterocycles. The molecule has 10 heavy (non-hydrogen) atoms. The first-order valence-corrected chi connectivity index (χ1v) is 3.41. The zero-order valence-electron chi connectivity index (χ0n) is 6.04. The number of amides is 1. The van der Waals surface area contributed by atoms with E-state index in [0.29, 0.717) is 0 Å². The third-order valence-electron chi connectivity index (χ3n) is 1.40. The maximum absolute atomic E-state index is 10.9. The fourth-order valence-electron chi connectivity index (χ4n) is 0.732. The van der Waals surface area contributed by atoms with Gasteiger partial charge in [0.1, 0.15) is 6.23 Å². The number of carbonyl (C=O) groups is 1. The number of hydrogen-bond donors (Lipinski definition) is 1. The van der Waals surface area contributed by atoms with Gasteiger partial charge in [-0.2, -0.15) is 0 Å². The first kappa shape index (κ1) is 7.34. The number of rotatable bonds is 1. The zero-order valence-corrected chi connectivity index (χ0v) is 6.04. The van der Waals surface area contributed by atoms with Crippen molar-refractivity contribution in [2.24, 2.45) is 5.73 Å². The normalized spacial score (nSPS) is 19.6. The Bertz CT molecular complexity index is 132. The van der Waals surface area contributed by atoms with Crippen LogP contribution in [0.3, 0.4) is 0 Å². The number of hydrogen-bond acceptors (Lipinski definition) is 3. The highest BCUT2D eigenvalue weighted by Crippen LogP contribution is 2.07. The lowest BCUT2D eigenvalue weighted by Gasteiger charge is -2.30. The summed E-state index contributed by atoms with van der Waals surface area (Å²) in [5.41, 5.74) is 5.24. The Morgan fingerprint density at radius 1 is 1.70 bits per heavy atom. The van der Waals surface area contributed by atoms with Crippen LogP contribution in [0.1, 0.15) is 13.3 Å². The molecule has 2 N–H and O–H groups in total. The second kappa shape index (κ2) is 2.88. The Kier molecular flexibility index (Phi) is 2.11. The van der Waals surface area contributed by atoms with Crippen LogP contribution in [0, 0.1) is 0 Å². The monoisotopic (exact) mass is 144 g/mol. The highest BCUT2D eigenvalue weighted by atomic mass is 16.6. The van der Waals surface area contributed by atoms with Crippen LogP contribution >= 0.6 is 0 Å². The second-order valence-corrected chi connectivity index (χ2v) is 2.43. The summed E-state index contributed by atoms with van der Waals surface area (Å²) in [6, 6.07) is 0. The van der Waals surface area contributed by atoms with Crippen LogP contribution in [-0.2, 0) is 4.74 Å². The first-order chi connectivity index (χ1) is 4.70. The van der Waals surface area contributed by atoms with Gasteiger partial charge >= 0.3 is 6.09 Å². The Labute approximate surface area is 59.9 Å². The summed E-state index contributed by atoms with van der Waals surface area (Å²) in [5.74, 6) is 0. The quantitative estimate of drug-likeness (QED) is 0.532. The number of nitrogens with two attached hydrogens (primary N) is 1. The molecule has 1 rings (SSSR count). The third-order valence-corrected chi connectivity index (χ3v) is 1.40. The molecule has 4 nitrogen and oxygen atoms in total. The summed E-state index contributed by atoms with van der Waals surface area (Å²) in [6.07, 6.45) is 0.294. The SMILES string of the molecule is CC(N)OC(=O)N1CCC1. The van der Waals surface area contributed by atoms with Crippen LogP contribution in [0.15, 0.2) is 0 Å². The van der Waals surface area contributed by atoms with E-state index in [0.717, 1.165) is 19.5 Å². The molecule has 0 aromatic rings. The maximum Gasteiger partial charge on any atom is 0.411 e. The highest BCUT2D eigenvalue weighted by molar-refractivity contribution is 5.68. The van der Waals surface area contributed by atoms with Crippen LogP contribution in [0.2, 0.25) is 0 Å². The minimum Gasteiger partial charge on any atom is -0.431 e. The number of carbonyl (C=O) groups excluding carboxylic acids is 1. The molecule has 4 heteroatoms. The highest BCUT2D eigenvalue weighted by Gasteiger charge is 2.21. The van der Waals surface area contributed by atoms with Gasteiger partial charge in [-0.3, -0.25) is 5.73 Å². The van der Waals surface area contributed by atoms with Gasteiger partial charge in [-0.1, -0.05) is 0 Å². The Balaban J connectivity index is 2.20. The molecular formula is C6H12N2O2. The minimum absolute atomic E-state index is 0.291. The summed E-state index contributed by atoms with van der Waals surface area (Å²) in [5, 5.41) is 0. The average Bonchev–Trinajstić information content (AvgIpc) is 1.55. The van der Waals surface area contributed by atoms with E-state index in [4.69, 9.17) is 10.5 Å². The zero-order chi connectivity index (χ0) is 7.56. The summed E-state index contributed by atoms with van der Waals surface area (Å²) >= 11 is 0.